The molecule has 0 spiro atoms. The number of nitrogen functional groups attached to an aromatic ring is 1. The molecule has 0 amide bonds. The van der Waals surface area contributed by atoms with Crippen LogP contribution in [0.15, 0.2) is 16.6 Å². The fraction of sp³-hybridized carbons (Fsp3) is 0.500. The molecule has 7 heteroatoms. The second kappa shape index (κ2) is 5.30. The Morgan fingerprint density at radius 3 is 2.53 bits per heavy atom. The van der Waals surface area contributed by atoms with Crippen LogP contribution in [0.5, 0.6) is 0 Å². The lowest BCUT2D eigenvalue weighted by molar-refractivity contribution is -0.137. The van der Waals surface area contributed by atoms with Gasteiger partial charge in [0.15, 0.2) is 0 Å². The van der Waals surface area contributed by atoms with E-state index in [4.69, 9.17) is 5.73 Å². The maximum absolute atomic E-state index is 12.9. The Labute approximate surface area is 117 Å². The van der Waals surface area contributed by atoms with Crippen molar-refractivity contribution in [2.24, 2.45) is 0 Å². The van der Waals surface area contributed by atoms with Crippen molar-refractivity contribution in [3.63, 3.8) is 0 Å². The van der Waals surface area contributed by atoms with Gasteiger partial charge < -0.3 is 16.2 Å². The van der Waals surface area contributed by atoms with E-state index in [0.717, 1.165) is 18.9 Å². The van der Waals surface area contributed by atoms with E-state index >= 15 is 0 Å². The van der Waals surface area contributed by atoms with Crippen molar-refractivity contribution in [1.82, 2.24) is 5.32 Å². The first kappa shape index (κ1) is 14.6. The Hall–Kier alpha value is -0.790. The third-order valence-corrected chi connectivity index (χ3v) is 3.71. The van der Waals surface area contributed by atoms with Gasteiger partial charge in [0, 0.05) is 10.5 Å². The summed E-state index contributed by atoms with van der Waals surface area (Å²) in [5.41, 5.74) is 4.61. The van der Waals surface area contributed by atoms with Crippen LogP contribution in [0.3, 0.4) is 0 Å². The van der Waals surface area contributed by atoms with Crippen molar-refractivity contribution in [3.8, 4) is 0 Å². The summed E-state index contributed by atoms with van der Waals surface area (Å²) in [5, 5.41) is 12.4. The number of hydrogen-bond donors (Lipinski definition) is 3. The van der Waals surface area contributed by atoms with Crippen LogP contribution in [0.2, 0.25) is 0 Å². The molecule has 0 heterocycles. The van der Waals surface area contributed by atoms with E-state index in [-0.39, 0.29) is 22.8 Å². The molecule has 0 aromatic heterocycles. The van der Waals surface area contributed by atoms with Gasteiger partial charge in [0.05, 0.1) is 23.9 Å². The first-order chi connectivity index (χ1) is 8.82. The molecule has 0 saturated heterocycles. The fourth-order valence-corrected chi connectivity index (χ4v) is 2.34. The lowest BCUT2D eigenvalue weighted by atomic mass is 10.0. The number of benzene rings is 1. The Balaban J connectivity index is 2.36. The largest absolute Gasteiger partial charge is 0.418 e. The zero-order chi connectivity index (χ0) is 14.2. The monoisotopic (exact) mass is 338 g/mol. The van der Waals surface area contributed by atoms with Crippen molar-refractivity contribution in [1.29, 1.82) is 0 Å². The summed E-state index contributed by atoms with van der Waals surface area (Å²) in [5.74, 6) is 0. The highest BCUT2D eigenvalue weighted by molar-refractivity contribution is 9.10. The fourth-order valence-electron chi connectivity index (χ4n) is 1.86. The van der Waals surface area contributed by atoms with Gasteiger partial charge in [0.1, 0.15) is 0 Å². The van der Waals surface area contributed by atoms with Gasteiger partial charge >= 0.3 is 6.18 Å². The summed E-state index contributed by atoms with van der Waals surface area (Å²) in [6.07, 6.45) is -2.54. The quantitative estimate of drug-likeness (QED) is 0.740. The number of anilines is 1. The smallest absolute Gasteiger partial charge is 0.397 e. The topological polar surface area (TPSA) is 58.3 Å². The van der Waals surface area contributed by atoms with E-state index < -0.39 is 17.8 Å². The SMILES string of the molecule is Nc1c(Br)cc(C(CO)NC2CC2)cc1C(F)(F)F. The number of nitrogens with one attached hydrogen (secondary N) is 1. The number of hydrogen-bond acceptors (Lipinski definition) is 3. The van der Waals surface area contributed by atoms with Gasteiger partial charge in [-0.3, -0.25) is 0 Å². The lowest BCUT2D eigenvalue weighted by Gasteiger charge is -2.20. The molecule has 1 aromatic rings. The van der Waals surface area contributed by atoms with Crippen LogP contribution in [0.4, 0.5) is 18.9 Å². The average Bonchev–Trinajstić information content (AvgIpc) is 3.12. The van der Waals surface area contributed by atoms with Gasteiger partial charge in [-0.15, -0.1) is 0 Å². The normalized spacial score (nSPS) is 17.5. The van der Waals surface area contributed by atoms with E-state index in [2.05, 4.69) is 21.2 Å². The molecule has 1 atom stereocenters. The second-order valence-corrected chi connectivity index (χ2v) is 5.49. The van der Waals surface area contributed by atoms with Crippen molar-refractivity contribution < 1.29 is 18.3 Å². The number of alkyl halides is 3. The van der Waals surface area contributed by atoms with Gasteiger partial charge in [-0.1, -0.05) is 0 Å². The van der Waals surface area contributed by atoms with Crippen LogP contribution in [0.1, 0.15) is 30.0 Å². The maximum atomic E-state index is 12.9. The molecule has 4 N–H and O–H groups in total. The van der Waals surface area contributed by atoms with Crippen molar-refractivity contribution in [3.05, 3.63) is 27.7 Å². The second-order valence-electron chi connectivity index (χ2n) is 4.64. The predicted octanol–water partition coefficient (Wildman–Crippen LogP) is 2.84. The Kier molecular flexibility index (Phi) is 4.08. The van der Waals surface area contributed by atoms with Crippen LogP contribution >= 0.6 is 15.9 Å². The highest BCUT2D eigenvalue weighted by atomic mass is 79.9. The molecule has 0 radical (unpaired) electrons. The maximum Gasteiger partial charge on any atom is 0.418 e. The minimum atomic E-state index is -4.51. The van der Waals surface area contributed by atoms with E-state index in [1.54, 1.807) is 0 Å². The third kappa shape index (κ3) is 3.40. The van der Waals surface area contributed by atoms with Gasteiger partial charge in [-0.25, -0.2) is 0 Å². The van der Waals surface area contributed by atoms with Crippen LogP contribution < -0.4 is 11.1 Å². The summed E-state index contributed by atoms with van der Waals surface area (Å²) < 4.78 is 38.8. The van der Waals surface area contributed by atoms with Crippen molar-refractivity contribution in [2.45, 2.75) is 31.1 Å². The molecule has 0 bridgehead atoms. The zero-order valence-electron chi connectivity index (χ0n) is 9.97. The zero-order valence-corrected chi connectivity index (χ0v) is 11.6. The third-order valence-electron chi connectivity index (χ3n) is 3.06. The van der Waals surface area contributed by atoms with E-state index in [0.29, 0.717) is 5.56 Å². The minimum absolute atomic E-state index is 0.188. The van der Waals surface area contributed by atoms with E-state index in [1.807, 2.05) is 0 Å². The van der Waals surface area contributed by atoms with Crippen LogP contribution in [0.25, 0.3) is 0 Å². The van der Waals surface area contributed by atoms with Gasteiger partial charge in [-0.2, -0.15) is 13.2 Å². The molecule has 1 unspecified atom stereocenters. The summed E-state index contributed by atoms with van der Waals surface area (Å²) in [4.78, 5) is 0. The summed E-state index contributed by atoms with van der Waals surface area (Å²) in [7, 11) is 0. The van der Waals surface area contributed by atoms with Gasteiger partial charge in [-0.05, 0) is 46.5 Å². The number of rotatable bonds is 4. The molecule has 1 saturated carbocycles. The molecule has 1 aliphatic rings. The molecule has 3 nitrogen and oxygen atoms in total. The molecule has 106 valence electrons. The summed E-state index contributed by atoms with van der Waals surface area (Å²) >= 11 is 3.03. The van der Waals surface area contributed by atoms with Crippen LogP contribution in [-0.2, 0) is 6.18 Å². The van der Waals surface area contributed by atoms with Crippen molar-refractivity contribution >= 4 is 21.6 Å². The molecule has 1 fully saturated rings. The lowest BCUT2D eigenvalue weighted by Crippen LogP contribution is -2.27. The molecule has 2 rings (SSSR count). The van der Waals surface area contributed by atoms with E-state index in [1.165, 1.54) is 6.07 Å². The Bertz CT molecular complexity index is 475. The molecule has 1 aromatic carbocycles. The molecular formula is C12H14BrF3N2O. The molecule has 1 aliphatic carbocycles. The average molecular weight is 339 g/mol. The van der Waals surface area contributed by atoms with Crippen molar-refractivity contribution in [2.75, 3.05) is 12.3 Å². The molecule has 0 aliphatic heterocycles. The molecule has 19 heavy (non-hydrogen) atoms. The number of halogens is 4. The highest BCUT2D eigenvalue weighted by Crippen LogP contribution is 2.39. The predicted molar refractivity (Wildman–Crippen MR) is 69.5 cm³/mol. The number of aliphatic hydroxyl groups excluding tert-OH is 1. The first-order valence-electron chi connectivity index (χ1n) is 5.86. The number of aliphatic hydroxyl groups is 1. The van der Waals surface area contributed by atoms with E-state index in [9.17, 15) is 18.3 Å². The van der Waals surface area contributed by atoms with Crippen LogP contribution in [-0.4, -0.2) is 17.8 Å². The number of nitrogens with two attached hydrogens (primary N) is 1. The van der Waals surface area contributed by atoms with Crippen LogP contribution in [0, 0.1) is 0 Å². The van der Waals surface area contributed by atoms with Gasteiger partial charge in [0.2, 0.25) is 0 Å². The standard InChI is InChI=1S/C12H14BrF3N2O/c13-9-4-6(10(5-19)18-7-1-2-7)3-8(11(9)17)12(14,15)16/h3-4,7,10,18-19H,1-2,5,17H2. The first-order valence-corrected chi connectivity index (χ1v) is 6.65. The van der Waals surface area contributed by atoms with Gasteiger partial charge in [0.25, 0.3) is 0 Å². The summed E-state index contributed by atoms with van der Waals surface area (Å²) in [6.45, 7) is -0.260. The Morgan fingerprint density at radius 1 is 1.42 bits per heavy atom. The Morgan fingerprint density at radius 2 is 2.05 bits per heavy atom. The minimum Gasteiger partial charge on any atom is -0.397 e. The molecular weight excluding hydrogens is 325 g/mol. The summed E-state index contributed by atoms with van der Waals surface area (Å²) in [6, 6.07) is 2.28. The highest BCUT2D eigenvalue weighted by Gasteiger charge is 2.35.